The molecule has 1 atom stereocenters. The molecule has 3 rings (SSSR count). The molecule has 1 aromatic heterocycles. The molecule has 1 fully saturated rings. The van der Waals surface area contributed by atoms with E-state index in [1.807, 2.05) is 30.3 Å². The summed E-state index contributed by atoms with van der Waals surface area (Å²) in [5.74, 6) is 1.28. The quantitative estimate of drug-likeness (QED) is 0.622. The summed E-state index contributed by atoms with van der Waals surface area (Å²) in [6.45, 7) is 1.46. The Kier molecular flexibility index (Phi) is 5.79. The Morgan fingerprint density at radius 2 is 2.17 bits per heavy atom. The fourth-order valence-electron chi connectivity index (χ4n) is 2.27. The van der Waals surface area contributed by atoms with Crippen LogP contribution >= 0.6 is 23.8 Å². The van der Waals surface area contributed by atoms with Crippen molar-refractivity contribution in [3.05, 3.63) is 41.6 Å². The molecule has 126 valence electrons. The lowest BCUT2D eigenvalue weighted by molar-refractivity contribution is 0.114. The number of hydrogen-bond donors (Lipinski definition) is 2. The standard InChI is InChI=1S/C16H17ClN4O2S/c17-13-9-14(23-11-5-2-1-3-6-11)20-15(19-13)21-16(24)18-10-12-7-4-8-22-12/h1-3,5-6,9,12H,4,7-8,10H2,(H2,18,19,20,21,24). The highest BCUT2D eigenvalue weighted by Gasteiger charge is 2.15. The van der Waals surface area contributed by atoms with Crippen molar-refractivity contribution in [2.45, 2.75) is 18.9 Å². The molecule has 2 heterocycles. The molecule has 0 spiro atoms. The first kappa shape index (κ1) is 16.9. The Morgan fingerprint density at radius 3 is 2.92 bits per heavy atom. The van der Waals surface area contributed by atoms with Gasteiger partial charge >= 0.3 is 0 Å². The third-order valence-corrected chi connectivity index (χ3v) is 3.82. The predicted octanol–water partition coefficient (Wildman–Crippen LogP) is 3.39. The minimum Gasteiger partial charge on any atom is -0.439 e. The summed E-state index contributed by atoms with van der Waals surface area (Å²) in [5, 5.41) is 6.68. The van der Waals surface area contributed by atoms with Gasteiger partial charge in [-0.25, -0.2) is 4.98 Å². The smallest absolute Gasteiger partial charge is 0.233 e. The van der Waals surface area contributed by atoms with Crippen molar-refractivity contribution in [3.63, 3.8) is 0 Å². The molecule has 1 unspecified atom stereocenters. The Bertz CT molecular complexity index is 696. The molecular formula is C16H17ClN4O2S. The van der Waals surface area contributed by atoms with Crippen LogP contribution in [0.25, 0.3) is 0 Å². The number of ether oxygens (including phenoxy) is 2. The summed E-state index contributed by atoms with van der Waals surface area (Å²) in [4.78, 5) is 8.36. The first-order valence-corrected chi connectivity index (χ1v) is 8.41. The highest BCUT2D eigenvalue weighted by atomic mass is 35.5. The lowest BCUT2D eigenvalue weighted by Crippen LogP contribution is -2.35. The van der Waals surface area contributed by atoms with E-state index in [9.17, 15) is 0 Å². The molecule has 0 radical (unpaired) electrons. The van der Waals surface area contributed by atoms with Gasteiger partial charge in [-0.05, 0) is 37.2 Å². The third-order valence-electron chi connectivity index (χ3n) is 3.38. The van der Waals surface area contributed by atoms with Crippen LogP contribution in [0.4, 0.5) is 5.95 Å². The predicted molar refractivity (Wildman–Crippen MR) is 96.8 cm³/mol. The number of hydrogen-bond acceptors (Lipinski definition) is 5. The number of nitrogens with one attached hydrogen (secondary N) is 2. The maximum absolute atomic E-state index is 6.03. The molecule has 1 aromatic carbocycles. The molecule has 0 saturated carbocycles. The maximum atomic E-state index is 6.03. The van der Waals surface area contributed by atoms with Gasteiger partial charge in [0.15, 0.2) is 5.11 Å². The normalized spacial score (nSPS) is 16.6. The van der Waals surface area contributed by atoms with E-state index in [4.69, 9.17) is 33.3 Å². The first-order chi connectivity index (χ1) is 11.7. The van der Waals surface area contributed by atoms with Gasteiger partial charge in [0, 0.05) is 19.2 Å². The van der Waals surface area contributed by atoms with E-state index in [1.54, 1.807) is 6.07 Å². The number of aromatic nitrogens is 2. The van der Waals surface area contributed by atoms with Gasteiger partial charge in [-0.2, -0.15) is 4.98 Å². The number of halogens is 1. The first-order valence-electron chi connectivity index (χ1n) is 7.63. The Balaban J connectivity index is 1.59. The summed E-state index contributed by atoms with van der Waals surface area (Å²) in [7, 11) is 0. The molecule has 0 aliphatic carbocycles. The van der Waals surface area contributed by atoms with Crippen LogP contribution < -0.4 is 15.4 Å². The minimum absolute atomic E-state index is 0.196. The lowest BCUT2D eigenvalue weighted by atomic mass is 10.2. The number of para-hydroxylation sites is 1. The van der Waals surface area contributed by atoms with Crippen LogP contribution in [0.3, 0.4) is 0 Å². The molecule has 0 bridgehead atoms. The second-order valence-electron chi connectivity index (χ2n) is 5.24. The van der Waals surface area contributed by atoms with E-state index >= 15 is 0 Å². The zero-order valence-electron chi connectivity index (χ0n) is 12.9. The number of benzene rings is 1. The fraction of sp³-hybridized carbons (Fsp3) is 0.312. The van der Waals surface area contributed by atoms with E-state index in [1.165, 1.54) is 0 Å². The molecule has 1 aliphatic rings. The molecule has 1 saturated heterocycles. The van der Waals surface area contributed by atoms with Crippen LogP contribution in [-0.4, -0.2) is 34.3 Å². The Labute approximate surface area is 150 Å². The number of nitrogens with zero attached hydrogens (tertiary/aromatic N) is 2. The highest BCUT2D eigenvalue weighted by Crippen LogP contribution is 2.22. The zero-order chi connectivity index (χ0) is 16.8. The van der Waals surface area contributed by atoms with Crippen LogP contribution in [0.2, 0.25) is 5.15 Å². The van der Waals surface area contributed by atoms with E-state index < -0.39 is 0 Å². The van der Waals surface area contributed by atoms with Gasteiger partial charge in [-0.3, -0.25) is 0 Å². The van der Waals surface area contributed by atoms with Crippen molar-refractivity contribution in [2.75, 3.05) is 18.5 Å². The maximum Gasteiger partial charge on any atom is 0.233 e. The Morgan fingerprint density at radius 1 is 1.33 bits per heavy atom. The molecule has 24 heavy (non-hydrogen) atoms. The van der Waals surface area contributed by atoms with Crippen LogP contribution in [0, 0.1) is 0 Å². The monoisotopic (exact) mass is 364 g/mol. The fourth-order valence-corrected chi connectivity index (χ4v) is 2.62. The molecule has 1 aliphatic heterocycles. The highest BCUT2D eigenvalue weighted by molar-refractivity contribution is 7.80. The van der Waals surface area contributed by atoms with Gasteiger partial charge in [0.2, 0.25) is 11.8 Å². The van der Waals surface area contributed by atoms with Crippen molar-refractivity contribution in [1.82, 2.24) is 15.3 Å². The molecule has 2 aromatic rings. The van der Waals surface area contributed by atoms with Crippen molar-refractivity contribution in [2.24, 2.45) is 0 Å². The molecular weight excluding hydrogens is 348 g/mol. The van der Waals surface area contributed by atoms with Crippen molar-refractivity contribution < 1.29 is 9.47 Å². The SMILES string of the molecule is S=C(NCC1CCCO1)Nc1nc(Cl)cc(Oc2ccccc2)n1. The van der Waals surface area contributed by atoms with Gasteiger partial charge in [-0.15, -0.1) is 0 Å². The number of rotatable bonds is 5. The summed E-state index contributed by atoms with van der Waals surface area (Å²) in [6, 6.07) is 10.9. The van der Waals surface area contributed by atoms with Gasteiger partial charge < -0.3 is 20.1 Å². The van der Waals surface area contributed by atoms with Crippen molar-refractivity contribution in [3.8, 4) is 11.6 Å². The second-order valence-corrected chi connectivity index (χ2v) is 6.03. The van der Waals surface area contributed by atoms with E-state index in [-0.39, 0.29) is 17.2 Å². The van der Waals surface area contributed by atoms with Crippen LogP contribution in [-0.2, 0) is 4.74 Å². The summed E-state index contributed by atoms with van der Waals surface area (Å²) in [6.07, 6.45) is 2.32. The summed E-state index contributed by atoms with van der Waals surface area (Å²) in [5.41, 5.74) is 0. The summed E-state index contributed by atoms with van der Waals surface area (Å²) < 4.78 is 11.2. The minimum atomic E-state index is 0.196. The molecule has 6 nitrogen and oxygen atoms in total. The van der Waals surface area contributed by atoms with E-state index in [0.717, 1.165) is 19.4 Å². The van der Waals surface area contributed by atoms with E-state index in [2.05, 4.69) is 20.6 Å². The van der Waals surface area contributed by atoms with Gasteiger partial charge in [0.1, 0.15) is 10.9 Å². The third kappa shape index (κ3) is 5.02. The molecule has 2 N–H and O–H groups in total. The van der Waals surface area contributed by atoms with Crippen LogP contribution in [0.15, 0.2) is 36.4 Å². The van der Waals surface area contributed by atoms with Gasteiger partial charge in [-0.1, -0.05) is 29.8 Å². The zero-order valence-corrected chi connectivity index (χ0v) is 14.4. The van der Waals surface area contributed by atoms with Gasteiger partial charge in [0.25, 0.3) is 0 Å². The van der Waals surface area contributed by atoms with Crippen LogP contribution in [0.1, 0.15) is 12.8 Å². The molecule has 0 amide bonds. The topological polar surface area (TPSA) is 68.3 Å². The largest absolute Gasteiger partial charge is 0.439 e. The van der Waals surface area contributed by atoms with Gasteiger partial charge in [0.05, 0.1) is 6.10 Å². The summed E-state index contributed by atoms with van der Waals surface area (Å²) >= 11 is 11.3. The second kappa shape index (κ2) is 8.23. The molecule has 8 heteroatoms. The Hall–Kier alpha value is -1.96. The average Bonchev–Trinajstić information content (AvgIpc) is 3.07. The number of anilines is 1. The number of thiocarbonyl (C=S) groups is 1. The van der Waals surface area contributed by atoms with Crippen molar-refractivity contribution >= 4 is 34.9 Å². The van der Waals surface area contributed by atoms with E-state index in [0.29, 0.717) is 23.3 Å². The average molecular weight is 365 g/mol. The lowest BCUT2D eigenvalue weighted by Gasteiger charge is -2.13. The van der Waals surface area contributed by atoms with Crippen molar-refractivity contribution in [1.29, 1.82) is 0 Å². The van der Waals surface area contributed by atoms with Crippen LogP contribution in [0.5, 0.6) is 11.6 Å².